The van der Waals surface area contributed by atoms with Gasteiger partial charge in [0.25, 0.3) is 0 Å². The first kappa shape index (κ1) is 32.1. The van der Waals surface area contributed by atoms with Crippen LogP contribution in [0.5, 0.6) is 0 Å². The molecule has 0 N–H and O–H groups in total. The van der Waals surface area contributed by atoms with Crippen molar-refractivity contribution in [2.75, 3.05) is 0 Å². The van der Waals surface area contributed by atoms with Crippen molar-refractivity contribution < 1.29 is 0 Å². The molecule has 2 aromatic heterocycles. The van der Waals surface area contributed by atoms with E-state index in [-0.39, 0.29) is 0 Å². The molecule has 0 radical (unpaired) electrons. The van der Waals surface area contributed by atoms with Crippen molar-refractivity contribution in [1.82, 2.24) is 19.5 Å². The fourth-order valence-electron chi connectivity index (χ4n) is 10.8. The first-order chi connectivity index (χ1) is 27.1. The van der Waals surface area contributed by atoms with Gasteiger partial charge in [-0.2, -0.15) is 5.26 Å². The summed E-state index contributed by atoms with van der Waals surface area (Å²) in [6.45, 7) is 0. The number of benzene rings is 6. The van der Waals surface area contributed by atoms with Gasteiger partial charge in [-0.25, -0.2) is 15.0 Å². The standard InChI is InChI=1S/C50H39N5/c51-31-32-14-21-40(22-15-32)55-45-13-7-6-11-42(45)44-27-38(18-23-46(44)55)48-52-47(37-8-2-1-3-9-37)53-49(54-48)43-12-5-4-10-41(43)36-16-19-39(20-17-36)50-28-33-24-34(29-50)26-35(25-33)30-50/h1-23,27,33-35H,24-26,28-30H2. The number of nitriles is 1. The van der Waals surface area contributed by atoms with Gasteiger partial charge >= 0.3 is 0 Å². The molecular formula is C50H39N5. The van der Waals surface area contributed by atoms with Gasteiger partial charge in [0, 0.05) is 33.2 Å². The first-order valence-corrected chi connectivity index (χ1v) is 19.7. The number of para-hydroxylation sites is 1. The summed E-state index contributed by atoms with van der Waals surface area (Å²) in [5.41, 5.74) is 10.9. The molecule has 0 spiro atoms. The second kappa shape index (κ2) is 12.6. The smallest absolute Gasteiger partial charge is 0.164 e. The number of aromatic nitrogens is 4. The van der Waals surface area contributed by atoms with Gasteiger partial charge in [0.1, 0.15) is 0 Å². The molecule has 5 nitrogen and oxygen atoms in total. The molecule has 4 saturated carbocycles. The molecule has 0 atom stereocenters. The molecule has 0 aliphatic heterocycles. The third kappa shape index (κ3) is 5.39. The lowest BCUT2D eigenvalue weighted by Crippen LogP contribution is -2.48. The first-order valence-electron chi connectivity index (χ1n) is 19.7. The van der Waals surface area contributed by atoms with Crippen LogP contribution < -0.4 is 0 Å². The monoisotopic (exact) mass is 709 g/mol. The Morgan fingerprint density at radius 2 is 1.09 bits per heavy atom. The Morgan fingerprint density at radius 1 is 0.509 bits per heavy atom. The van der Waals surface area contributed by atoms with Gasteiger partial charge in [-0.15, -0.1) is 0 Å². The van der Waals surface area contributed by atoms with E-state index in [1.54, 1.807) is 0 Å². The van der Waals surface area contributed by atoms with Gasteiger partial charge in [-0.1, -0.05) is 97.1 Å². The molecule has 5 heteroatoms. The average molecular weight is 710 g/mol. The van der Waals surface area contributed by atoms with Crippen LogP contribution in [0, 0.1) is 29.1 Å². The van der Waals surface area contributed by atoms with Crippen LogP contribution >= 0.6 is 0 Å². The fraction of sp³-hybridized carbons (Fsp3) is 0.200. The van der Waals surface area contributed by atoms with E-state index in [1.165, 1.54) is 49.7 Å². The predicted molar refractivity (Wildman–Crippen MR) is 220 cm³/mol. The van der Waals surface area contributed by atoms with E-state index in [2.05, 4.69) is 114 Å². The molecule has 4 aliphatic rings. The third-order valence-corrected chi connectivity index (χ3v) is 12.9. The molecule has 2 heterocycles. The normalized spacial score (nSPS) is 21.3. The highest BCUT2D eigenvalue weighted by Crippen LogP contribution is 2.60. The van der Waals surface area contributed by atoms with E-state index in [4.69, 9.17) is 15.0 Å². The molecular weight excluding hydrogens is 671 g/mol. The van der Waals surface area contributed by atoms with Gasteiger partial charge in [-0.3, -0.25) is 0 Å². The Kier molecular flexibility index (Phi) is 7.35. The molecule has 8 aromatic rings. The number of nitrogens with zero attached hydrogens (tertiary/aromatic N) is 5. The number of hydrogen-bond donors (Lipinski definition) is 0. The fourth-order valence-corrected chi connectivity index (χ4v) is 10.8. The zero-order valence-corrected chi connectivity index (χ0v) is 30.6. The van der Waals surface area contributed by atoms with Crippen LogP contribution in [0.4, 0.5) is 0 Å². The zero-order valence-electron chi connectivity index (χ0n) is 30.6. The molecule has 55 heavy (non-hydrogen) atoms. The average Bonchev–Trinajstić information content (AvgIpc) is 3.57. The Bertz CT molecular complexity index is 2760. The minimum absolute atomic E-state index is 0.371. The lowest BCUT2D eigenvalue weighted by molar-refractivity contribution is -0.00518. The molecule has 4 bridgehead atoms. The minimum Gasteiger partial charge on any atom is -0.309 e. The molecule has 4 aliphatic carbocycles. The van der Waals surface area contributed by atoms with E-state index in [9.17, 15) is 5.26 Å². The summed E-state index contributed by atoms with van der Waals surface area (Å²) in [6.07, 6.45) is 8.48. The maximum atomic E-state index is 9.42. The zero-order chi connectivity index (χ0) is 36.5. The second-order valence-electron chi connectivity index (χ2n) is 16.2. The van der Waals surface area contributed by atoms with Crippen LogP contribution in [0.2, 0.25) is 0 Å². The molecule has 6 aromatic carbocycles. The van der Waals surface area contributed by atoms with Crippen LogP contribution in [-0.2, 0) is 5.41 Å². The maximum Gasteiger partial charge on any atom is 0.164 e. The van der Waals surface area contributed by atoms with Crippen LogP contribution in [0.3, 0.4) is 0 Å². The highest BCUT2D eigenvalue weighted by atomic mass is 15.0. The van der Waals surface area contributed by atoms with Crippen LogP contribution in [-0.4, -0.2) is 19.5 Å². The van der Waals surface area contributed by atoms with Crippen molar-refractivity contribution in [3.05, 3.63) is 157 Å². The van der Waals surface area contributed by atoms with Crippen molar-refractivity contribution in [2.45, 2.75) is 43.9 Å². The third-order valence-electron chi connectivity index (χ3n) is 12.9. The topological polar surface area (TPSA) is 67.4 Å². The highest BCUT2D eigenvalue weighted by Gasteiger charge is 2.51. The van der Waals surface area contributed by atoms with Gasteiger partial charge in [0.2, 0.25) is 0 Å². The van der Waals surface area contributed by atoms with E-state index in [0.717, 1.165) is 67.5 Å². The van der Waals surface area contributed by atoms with Gasteiger partial charge in [-0.05, 0) is 127 Å². The number of fused-ring (bicyclic) bond motifs is 3. The summed E-state index contributed by atoms with van der Waals surface area (Å²) in [5.74, 6) is 4.70. The molecule has 12 rings (SSSR count). The maximum absolute atomic E-state index is 9.42. The van der Waals surface area contributed by atoms with E-state index >= 15 is 0 Å². The minimum atomic E-state index is 0.371. The summed E-state index contributed by atoms with van der Waals surface area (Å²) < 4.78 is 2.26. The predicted octanol–water partition coefficient (Wildman–Crippen LogP) is 12.0. The Labute approximate surface area is 321 Å². The van der Waals surface area contributed by atoms with Crippen LogP contribution in [0.1, 0.15) is 49.7 Å². The van der Waals surface area contributed by atoms with E-state index in [1.807, 2.05) is 42.5 Å². The summed E-state index contributed by atoms with van der Waals surface area (Å²) in [7, 11) is 0. The largest absolute Gasteiger partial charge is 0.309 e. The quantitative estimate of drug-likeness (QED) is 0.172. The number of hydrogen-bond acceptors (Lipinski definition) is 4. The van der Waals surface area contributed by atoms with Crippen LogP contribution in [0.15, 0.2) is 146 Å². The molecule has 0 unspecified atom stereocenters. The van der Waals surface area contributed by atoms with Crippen molar-refractivity contribution in [3.63, 3.8) is 0 Å². The highest BCUT2D eigenvalue weighted by molar-refractivity contribution is 6.10. The Morgan fingerprint density at radius 3 is 1.80 bits per heavy atom. The lowest BCUT2D eigenvalue weighted by Gasteiger charge is -2.57. The van der Waals surface area contributed by atoms with Crippen molar-refractivity contribution >= 4 is 21.8 Å². The molecule has 264 valence electrons. The summed E-state index contributed by atoms with van der Waals surface area (Å²) in [5, 5.41) is 11.7. The summed E-state index contributed by atoms with van der Waals surface area (Å²) in [4.78, 5) is 15.5. The summed E-state index contributed by atoms with van der Waals surface area (Å²) in [6, 6.07) is 53.2. The van der Waals surface area contributed by atoms with Crippen LogP contribution in [0.25, 0.3) is 72.8 Å². The number of rotatable bonds is 6. The van der Waals surface area contributed by atoms with Gasteiger partial charge < -0.3 is 4.57 Å². The van der Waals surface area contributed by atoms with Crippen molar-refractivity contribution in [3.8, 4) is 57.0 Å². The molecule has 0 amide bonds. The van der Waals surface area contributed by atoms with E-state index < -0.39 is 0 Å². The lowest BCUT2D eigenvalue weighted by atomic mass is 9.48. The molecule has 0 saturated heterocycles. The van der Waals surface area contributed by atoms with Gasteiger partial charge in [0.15, 0.2) is 17.5 Å². The second-order valence-corrected chi connectivity index (χ2v) is 16.2. The Balaban J connectivity index is 1.03. The Hall–Kier alpha value is -6.38. The summed E-state index contributed by atoms with van der Waals surface area (Å²) >= 11 is 0. The van der Waals surface area contributed by atoms with E-state index in [0.29, 0.717) is 28.5 Å². The van der Waals surface area contributed by atoms with Crippen molar-refractivity contribution in [2.24, 2.45) is 17.8 Å². The van der Waals surface area contributed by atoms with Crippen molar-refractivity contribution in [1.29, 1.82) is 5.26 Å². The SMILES string of the molecule is N#Cc1ccc(-n2c3ccccc3c3cc(-c4nc(-c5ccccc5)nc(-c5ccccc5-c5ccc(C67CC8CC(CC(C8)C6)C7)cc5)n4)ccc32)cc1. The van der Waals surface area contributed by atoms with Gasteiger partial charge in [0.05, 0.1) is 22.7 Å². The molecule has 4 fully saturated rings.